The smallest absolute Gasteiger partial charge is 0.329 e. The molecule has 21 heteroatoms. The van der Waals surface area contributed by atoms with Crippen molar-refractivity contribution in [1.29, 1.82) is 0 Å². The Morgan fingerprint density at radius 3 is 1.18 bits per heavy atom. The molecular formula is C62H87N7O14. The number of hydrogen-bond donors (Lipinski definition) is 0. The van der Waals surface area contributed by atoms with E-state index in [-0.39, 0.29) is 91.2 Å². The monoisotopic (exact) mass is 1150 g/mol. The van der Waals surface area contributed by atoms with Gasteiger partial charge in [-0.15, -0.1) is 0 Å². The molecule has 3 aliphatic rings. The van der Waals surface area contributed by atoms with Gasteiger partial charge in [-0.3, -0.25) is 34.0 Å². The average molecular weight is 1150 g/mol. The number of amides is 4. The second kappa shape index (κ2) is 28.4. The van der Waals surface area contributed by atoms with Crippen molar-refractivity contribution >= 4 is 53.2 Å². The van der Waals surface area contributed by atoms with E-state index in [9.17, 15) is 43.7 Å². The number of benzene rings is 2. The van der Waals surface area contributed by atoms with Crippen molar-refractivity contribution in [3.8, 4) is 0 Å². The predicted octanol–water partition coefficient (Wildman–Crippen LogP) is 7.57. The van der Waals surface area contributed by atoms with Crippen molar-refractivity contribution in [2.75, 3.05) is 28.2 Å². The maximum Gasteiger partial charge on any atom is 0.329 e. The molecule has 1 aromatic heterocycles. The van der Waals surface area contributed by atoms with Crippen molar-refractivity contribution in [3.63, 3.8) is 0 Å². The summed E-state index contributed by atoms with van der Waals surface area (Å²) < 4.78 is 25.8. The fourth-order valence-corrected chi connectivity index (χ4v) is 10.7. The average Bonchev–Trinajstić information content (AvgIpc) is 2.82. The largest absolute Gasteiger partial charge is 0.451 e. The standard InChI is InChI=1S/C62H87N7O14/c1-35(2)28-46-59(74)80-40(10)56(71)65(12)49(31-38(7)8)62(77)83-51(33-42-20-22-43(23-21-42)34-68-53(45-26-27-45)54(69(78)79)52(63-68)44-24-25-44)58(73)67(14)47(29-36(3)4)60(75)81-39(9)55(70)64(11)48(30-37(5)6)61(76)82-50(57(72)66(46)13)32-41-18-16-15-17-19-41/h15-23,35-40,44-51H,24-34H2,1-14H3/t39-,40-,46+,47+,48+,49+,50-,51-/m1/s1. The molecule has 4 amide bonds. The fraction of sp³-hybridized carbons (Fsp3) is 0.629. The number of esters is 4. The van der Waals surface area contributed by atoms with E-state index in [0.717, 1.165) is 50.8 Å². The van der Waals surface area contributed by atoms with Crippen molar-refractivity contribution < 1.29 is 62.2 Å². The molecule has 0 unspecified atom stereocenters. The first-order valence-electron chi connectivity index (χ1n) is 29.3. The van der Waals surface area contributed by atoms with Crippen LogP contribution in [0.25, 0.3) is 0 Å². The third-order valence-electron chi connectivity index (χ3n) is 15.6. The summed E-state index contributed by atoms with van der Waals surface area (Å²) >= 11 is 0. The quantitative estimate of drug-likeness (QED) is 0.0547. The zero-order valence-electron chi connectivity index (χ0n) is 50.9. The van der Waals surface area contributed by atoms with Gasteiger partial charge in [0, 0.05) is 52.9 Å². The number of ether oxygens (including phenoxy) is 4. The Balaban J connectivity index is 1.39. The van der Waals surface area contributed by atoms with Gasteiger partial charge in [0.05, 0.1) is 11.5 Å². The molecule has 83 heavy (non-hydrogen) atoms. The second-order valence-electron chi connectivity index (χ2n) is 24.7. The van der Waals surface area contributed by atoms with Crippen LogP contribution in [0.4, 0.5) is 5.69 Å². The lowest BCUT2D eigenvalue weighted by Gasteiger charge is -2.35. The summed E-state index contributed by atoms with van der Waals surface area (Å²) in [5.41, 5.74) is 3.21. The third kappa shape index (κ3) is 17.0. The summed E-state index contributed by atoms with van der Waals surface area (Å²) in [5.74, 6) is -7.50. The summed E-state index contributed by atoms with van der Waals surface area (Å²) in [5, 5.41) is 17.1. The van der Waals surface area contributed by atoms with Gasteiger partial charge in [-0.25, -0.2) is 19.2 Å². The minimum absolute atomic E-state index is 0.0501. The molecular weight excluding hydrogens is 1070 g/mol. The molecule has 3 aromatic rings. The first kappa shape index (κ1) is 65.0. The van der Waals surface area contributed by atoms with E-state index in [1.54, 1.807) is 47.1 Å². The number of aromatic nitrogens is 2. The van der Waals surface area contributed by atoms with Crippen LogP contribution in [-0.2, 0) is 76.7 Å². The van der Waals surface area contributed by atoms with E-state index in [2.05, 4.69) is 0 Å². The van der Waals surface area contributed by atoms with E-state index in [1.165, 1.54) is 42.0 Å². The van der Waals surface area contributed by atoms with Crippen LogP contribution in [0, 0.1) is 33.8 Å². The van der Waals surface area contributed by atoms with Crippen LogP contribution < -0.4 is 0 Å². The number of rotatable bonds is 17. The van der Waals surface area contributed by atoms with Gasteiger partial charge >= 0.3 is 29.6 Å². The molecule has 0 bridgehead atoms. The third-order valence-corrected chi connectivity index (χ3v) is 15.6. The lowest BCUT2D eigenvalue weighted by atomic mass is 9.99. The molecule has 1 saturated heterocycles. The van der Waals surface area contributed by atoms with Crippen LogP contribution in [0.15, 0.2) is 54.6 Å². The molecule has 2 saturated carbocycles. The van der Waals surface area contributed by atoms with Crippen molar-refractivity contribution in [2.24, 2.45) is 23.7 Å². The predicted molar refractivity (Wildman–Crippen MR) is 307 cm³/mol. The Bertz CT molecular complexity index is 2790. The molecule has 0 N–H and O–H groups in total. The first-order chi connectivity index (χ1) is 39.1. The van der Waals surface area contributed by atoms with Gasteiger partial charge in [0.25, 0.3) is 23.6 Å². The summed E-state index contributed by atoms with van der Waals surface area (Å²) in [4.78, 5) is 134. The summed E-state index contributed by atoms with van der Waals surface area (Å²) in [6.07, 6.45) is -2.75. The van der Waals surface area contributed by atoms with Gasteiger partial charge in [0.2, 0.25) is 0 Å². The highest BCUT2D eigenvalue weighted by molar-refractivity contribution is 5.94. The van der Waals surface area contributed by atoms with E-state index >= 15 is 4.79 Å². The Kier molecular flexibility index (Phi) is 22.2. The maximum atomic E-state index is 15.1. The lowest BCUT2D eigenvalue weighted by Crippen LogP contribution is -2.55. The van der Waals surface area contributed by atoms with Gasteiger partial charge in [-0.2, -0.15) is 5.10 Å². The molecule has 21 nitrogen and oxygen atoms in total. The molecule has 2 heterocycles. The van der Waals surface area contributed by atoms with Crippen LogP contribution >= 0.6 is 0 Å². The first-order valence-corrected chi connectivity index (χ1v) is 29.3. The SMILES string of the molecule is CC(C)C[C@H]1C(=O)O[C@H](Cc2ccc(Cn3nc(C4CC4)c([N+](=O)[O-])c3C3CC3)cc2)C(=O)N(C)[C@@H](CC(C)C)C(=O)O[C@H](C)C(=O)N(C)[C@@H](CC(C)C)C(=O)O[C@H](Cc2ccccc2)C(=O)N(C)[C@@H](CC(C)C)C(=O)O[C@H](C)C(=O)N1C. The van der Waals surface area contributed by atoms with Crippen molar-refractivity contribution in [1.82, 2.24) is 29.4 Å². The number of carbonyl (C=O) groups excluding carboxylic acids is 8. The number of likely N-dealkylation sites (N-methyl/N-ethyl adjacent to an activating group) is 4. The second-order valence-corrected chi connectivity index (χ2v) is 24.7. The van der Waals surface area contributed by atoms with Gasteiger partial charge < -0.3 is 38.5 Å². The molecule has 1 aliphatic heterocycles. The maximum absolute atomic E-state index is 15.1. The van der Waals surface area contributed by atoms with Crippen molar-refractivity contribution in [3.05, 3.63) is 92.8 Å². The minimum Gasteiger partial charge on any atom is -0.451 e. The van der Waals surface area contributed by atoms with Crippen LogP contribution in [0.2, 0.25) is 0 Å². The molecule has 2 aliphatic carbocycles. The van der Waals surface area contributed by atoms with Gasteiger partial charge in [-0.05, 0) is 106 Å². The normalized spacial score (nSPS) is 24.6. The molecule has 2 aromatic carbocycles. The number of cyclic esters (lactones) is 4. The molecule has 6 rings (SSSR count). The summed E-state index contributed by atoms with van der Waals surface area (Å²) in [7, 11) is 5.51. The van der Waals surface area contributed by atoms with E-state index in [4.69, 9.17) is 24.0 Å². The van der Waals surface area contributed by atoms with E-state index < -0.39 is 96.1 Å². The highest BCUT2D eigenvalue weighted by Gasteiger charge is 2.45. The van der Waals surface area contributed by atoms with Crippen LogP contribution in [0.3, 0.4) is 0 Å². The molecule has 0 radical (unpaired) electrons. The Morgan fingerprint density at radius 2 is 0.831 bits per heavy atom. The lowest BCUT2D eigenvalue weighted by molar-refractivity contribution is -0.386. The Morgan fingerprint density at radius 1 is 0.494 bits per heavy atom. The van der Waals surface area contributed by atoms with Crippen LogP contribution in [-0.4, -0.2) is 159 Å². The van der Waals surface area contributed by atoms with Gasteiger partial charge in [-0.1, -0.05) is 110 Å². The number of nitrogens with zero attached hydrogens (tertiary/aromatic N) is 7. The topological polar surface area (TPSA) is 247 Å². The highest BCUT2D eigenvalue weighted by atomic mass is 16.6. The molecule has 0 spiro atoms. The zero-order valence-corrected chi connectivity index (χ0v) is 50.9. The van der Waals surface area contributed by atoms with Gasteiger partial charge in [0.1, 0.15) is 35.6 Å². The van der Waals surface area contributed by atoms with E-state index in [0.29, 0.717) is 22.5 Å². The number of hydrogen-bond acceptors (Lipinski definition) is 15. The van der Waals surface area contributed by atoms with E-state index in [1.807, 2.05) is 67.5 Å². The Labute approximate surface area is 488 Å². The summed E-state index contributed by atoms with van der Waals surface area (Å²) in [6.45, 7) is 17.7. The Hall–Kier alpha value is -7.19. The number of carbonyl (C=O) groups is 8. The van der Waals surface area contributed by atoms with Crippen LogP contribution in [0.1, 0.15) is 161 Å². The van der Waals surface area contributed by atoms with Crippen LogP contribution in [0.5, 0.6) is 0 Å². The molecule has 8 atom stereocenters. The highest BCUT2D eigenvalue weighted by Crippen LogP contribution is 2.50. The minimum atomic E-state index is -1.60. The molecule has 3 fully saturated rings. The fourth-order valence-electron chi connectivity index (χ4n) is 10.7. The summed E-state index contributed by atoms with van der Waals surface area (Å²) in [6, 6.07) is 10.8. The van der Waals surface area contributed by atoms with Gasteiger partial charge in [0.15, 0.2) is 24.4 Å². The number of nitro groups is 1. The van der Waals surface area contributed by atoms with Crippen molar-refractivity contribution in [2.45, 2.75) is 200 Å². The molecule has 454 valence electrons. The zero-order chi connectivity index (χ0) is 61.3.